The Morgan fingerprint density at radius 2 is 1.63 bits per heavy atom. The topological polar surface area (TPSA) is 46.5 Å². The van der Waals surface area contributed by atoms with E-state index in [1.165, 1.54) is 18.2 Å². The minimum atomic E-state index is -4.56. The number of allylic oxidation sites excluding steroid dienone is 5. The van der Waals surface area contributed by atoms with Crippen molar-refractivity contribution in [3.05, 3.63) is 125 Å². The molecule has 0 saturated carbocycles. The summed E-state index contributed by atoms with van der Waals surface area (Å²) in [6, 6.07) is 18.7. The van der Waals surface area contributed by atoms with Gasteiger partial charge >= 0.3 is 12.1 Å². The van der Waals surface area contributed by atoms with Crippen LogP contribution >= 0.6 is 0 Å². The Bertz CT molecular complexity index is 1280. The molecule has 0 radical (unpaired) electrons. The van der Waals surface area contributed by atoms with Crippen molar-refractivity contribution < 1.29 is 27.8 Å². The van der Waals surface area contributed by atoms with Crippen molar-refractivity contribution >= 4 is 17.1 Å². The Morgan fingerprint density at radius 1 is 0.943 bits per heavy atom. The third-order valence-corrected chi connectivity index (χ3v) is 5.20. The summed E-state index contributed by atoms with van der Waals surface area (Å²) < 4.78 is 46.9. The average Bonchev–Trinajstić information content (AvgIpc) is 2.83. The molecule has 0 aromatic heterocycles. The smallest absolute Gasteiger partial charge is 0.416 e. The highest BCUT2D eigenvalue weighted by atomic mass is 19.4. The fraction of sp³-hybridized carbons (Fsp3) is 0.138. The second kappa shape index (κ2) is 10.9. The molecule has 6 heteroatoms. The van der Waals surface area contributed by atoms with Gasteiger partial charge < -0.3 is 9.84 Å². The zero-order valence-electron chi connectivity index (χ0n) is 19.4. The number of ether oxygens (including phenoxy) is 1. The number of benzene rings is 3. The lowest BCUT2D eigenvalue weighted by molar-refractivity contribution is -0.137. The number of hydrogen-bond acceptors (Lipinski definition) is 2. The van der Waals surface area contributed by atoms with Crippen LogP contribution in [0.1, 0.15) is 46.5 Å². The quantitative estimate of drug-likeness (QED) is 0.333. The van der Waals surface area contributed by atoms with Gasteiger partial charge in [-0.25, -0.2) is 4.79 Å². The average molecular weight is 479 g/mol. The fourth-order valence-electron chi connectivity index (χ4n) is 3.38. The third-order valence-electron chi connectivity index (χ3n) is 5.20. The lowest BCUT2D eigenvalue weighted by atomic mass is 9.90. The molecule has 0 bridgehead atoms. The van der Waals surface area contributed by atoms with Crippen molar-refractivity contribution in [3.8, 4) is 5.75 Å². The van der Waals surface area contributed by atoms with Crippen LogP contribution in [-0.2, 0) is 12.8 Å². The highest BCUT2D eigenvalue weighted by molar-refractivity contribution is 6.06. The van der Waals surface area contributed by atoms with Gasteiger partial charge in [-0.05, 0) is 66.5 Å². The van der Waals surface area contributed by atoms with Crippen LogP contribution < -0.4 is 4.74 Å². The second-order valence-electron chi connectivity index (χ2n) is 8.17. The van der Waals surface area contributed by atoms with E-state index in [9.17, 15) is 23.1 Å². The van der Waals surface area contributed by atoms with Gasteiger partial charge in [0, 0.05) is 5.56 Å². The Balaban J connectivity index is 2.15. The highest BCUT2D eigenvalue weighted by Gasteiger charge is 2.32. The molecule has 0 unspecified atom stereocenters. The molecule has 0 fully saturated rings. The van der Waals surface area contributed by atoms with Gasteiger partial charge in [-0.2, -0.15) is 13.2 Å². The zero-order chi connectivity index (χ0) is 25.6. The maximum atomic E-state index is 13.6. The standard InChI is InChI=1S/C29H25F3O3/c1-19(2)12-14-25(20(3)22-10-7-11-23(16-22)28(33)34)26-17-24(29(30,31)32)13-15-27(26)35-18-21-8-5-4-6-9-21/h4-17H,3,18H2,1-2H3,(H,33,34)/b25-14+. The first-order chi connectivity index (χ1) is 16.6. The number of carbonyl (C=O) groups is 1. The first kappa shape index (κ1) is 25.6. The zero-order valence-corrected chi connectivity index (χ0v) is 19.4. The maximum Gasteiger partial charge on any atom is 0.416 e. The SMILES string of the molecule is C=C(/C(=C\C=C(C)C)c1cc(C(F)(F)F)ccc1OCc1ccccc1)c1cccc(C(=O)O)c1. The van der Waals surface area contributed by atoms with E-state index >= 15 is 0 Å². The Hall–Kier alpha value is -4.06. The molecule has 1 N–H and O–H groups in total. The van der Waals surface area contributed by atoms with Gasteiger partial charge in [-0.15, -0.1) is 0 Å². The van der Waals surface area contributed by atoms with E-state index < -0.39 is 17.7 Å². The molecule has 0 saturated heterocycles. The number of aromatic carboxylic acids is 1. The predicted octanol–water partition coefficient (Wildman–Crippen LogP) is 8.05. The van der Waals surface area contributed by atoms with Gasteiger partial charge in [-0.1, -0.05) is 66.8 Å². The molecule has 0 aliphatic rings. The number of carboxylic acid groups (broad SMARTS) is 1. The van der Waals surface area contributed by atoms with E-state index in [1.54, 1.807) is 24.3 Å². The van der Waals surface area contributed by atoms with Gasteiger partial charge in [0.1, 0.15) is 12.4 Å². The first-order valence-electron chi connectivity index (χ1n) is 10.8. The first-order valence-corrected chi connectivity index (χ1v) is 10.8. The van der Waals surface area contributed by atoms with Crippen LogP contribution in [0, 0.1) is 0 Å². The summed E-state index contributed by atoms with van der Waals surface area (Å²) in [6.07, 6.45) is -1.11. The summed E-state index contributed by atoms with van der Waals surface area (Å²) in [6.45, 7) is 7.99. The molecule has 35 heavy (non-hydrogen) atoms. The number of alkyl halides is 3. The van der Waals surface area contributed by atoms with Crippen LogP contribution in [0.25, 0.3) is 11.1 Å². The number of hydrogen-bond donors (Lipinski definition) is 1. The normalized spacial score (nSPS) is 11.6. The van der Waals surface area contributed by atoms with Gasteiger partial charge in [0.2, 0.25) is 0 Å². The molecule has 3 aromatic carbocycles. The summed E-state index contributed by atoms with van der Waals surface area (Å²) in [7, 11) is 0. The van der Waals surface area contributed by atoms with Gasteiger partial charge in [0.15, 0.2) is 0 Å². The molecule has 3 nitrogen and oxygen atoms in total. The Morgan fingerprint density at radius 3 is 2.26 bits per heavy atom. The summed E-state index contributed by atoms with van der Waals surface area (Å²) in [5, 5.41) is 9.37. The van der Waals surface area contributed by atoms with Crippen LogP contribution in [0.15, 0.2) is 97.1 Å². The summed E-state index contributed by atoms with van der Waals surface area (Å²) in [5.74, 6) is -0.855. The number of carboxylic acids is 1. The van der Waals surface area contributed by atoms with Gasteiger partial charge in [0.25, 0.3) is 0 Å². The lowest BCUT2D eigenvalue weighted by Gasteiger charge is -2.19. The van der Waals surface area contributed by atoms with E-state index in [1.807, 2.05) is 44.2 Å². The van der Waals surface area contributed by atoms with Crippen molar-refractivity contribution in [2.45, 2.75) is 26.6 Å². The van der Waals surface area contributed by atoms with Crippen molar-refractivity contribution in [2.24, 2.45) is 0 Å². The predicted molar refractivity (Wildman–Crippen MR) is 132 cm³/mol. The molecule has 0 amide bonds. The van der Waals surface area contributed by atoms with E-state index in [2.05, 4.69) is 6.58 Å². The molecule has 180 valence electrons. The fourth-order valence-corrected chi connectivity index (χ4v) is 3.38. The summed E-state index contributed by atoms with van der Waals surface area (Å²) in [4.78, 5) is 11.5. The third kappa shape index (κ3) is 6.73. The molecule has 0 aliphatic heterocycles. The summed E-state index contributed by atoms with van der Waals surface area (Å²) >= 11 is 0. The Kier molecular flexibility index (Phi) is 7.97. The van der Waals surface area contributed by atoms with Crippen LogP contribution in [0.2, 0.25) is 0 Å². The maximum absolute atomic E-state index is 13.6. The van der Waals surface area contributed by atoms with Crippen molar-refractivity contribution in [1.82, 2.24) is 0 Å². The number of rotatable bonds is 8. The largest absolute Gasteiger partial charge is 0.488 e. The van der Waals surface area contributed by atoms with Crippen LogP contribution in [0.4, 0.5) is 13.2 Å². The molecule has 3 aromatic rings. The lowest BCUT2D eigenvalue weighted by Crippen LogP contribution is -2.07. The summed E-state index contributed by atoms with van der Waals surface area (Å²) in [5.41, 5.74) is 2.46. The van der Waals surface area contributed by atoms with Crippen LogP contribution in [-0.4, -0.2) is 11.1 Å². The minimum absolute atomic E-state index is 0.0507. The molecule has 3 rings (SSSR count). The second-order valence-corrected chi connectivity index (χ2v) is 8.17. The van der Waals surface area contributed by atoms with Crippen molar-refractivity contribution in [3.63, 3.8) is 0 Å². The molecule has 0 aliphatic carbocycles. The number of halogens is 3. The Labute approximate surface area is 202 Å². The highest BCUT2D eigenvalue weighted by Crippen LogP contribution is 2.40. The van der Waals surface area contributed by atoms with Crippen molar-refractivity contribution in [1.29, 1.82) is 0 Å². The van der Waals surface area contributed by atoms with E-state index in [4.69, 9.17) is 4.74 Å². The van der Waals surface area contributed by atoms with E-state index in [-0.39, 0.29) is 23.5 Å². The van der Waals surface area contributed by atoms with Gasteiger partial charge in [-0.3, -0.25) is 0 Å². The molecule has 0 atom stereocenters. The van der Waals surface area contributed by atoms with Crippen LogP contribution in [0.3, 0.4) is 0 Å². The van der Waals surface area contributed by atoms with Gasteiger partial charge in [0.05, 0.1) is 11.1 Å². The van der Waals surface area contributed by atoms with Crippen LogP contribution in [0.5, 0.6) is 5.75 Å². The van der Waals surface area contributed by atoms with E-state index in [0.717, 1.165) is 23.3 Å². The molecule has 0 spiro atoms. The monoisotopic (exact) mass is 478 g/mol. The molecule has 0 heterocycles. The van der Waals surface area contributed by atoms with E-state index in [0.29, 0.717) is 16.7 Å². The minimum Gasteiger partial charge on any atom is -0.488 e. The molecular weight excluding hydrogens is 453 g/mol. The molecular formula is C29H25F3O3. The van der Waals surface area contributed by atoms with Crippen molar-refractivity contribution in [2.75, 3.05) is 0 Å².